The van der Waals surface area contributed by atoms with E-state index in [1.54, 1.807) is 14.2 Å². The Labute approximate surface area is 387 Å². The molecule has 356 valence electrons. The first kappa shape index (κ1) is 229. The van der Waals surface area contributed by atoms with Crippen molar-refractivity contribution < 1.29 is 121 Å². The van der Waals surface area contributed by atoms with Crippen molar-refractivity contribution in [2.45, 2.75) is 160 Å². The van der Waals surface area contributed by atoms with Crippen LogP contribution in [0.3, 0.4) is 0 Å². The molecule has 0 saturated heterocycles. The van der Waals surface area contributed by atoms with Crippen LogP contribution in [0.4, 0.5) is 0 Å². The molecular formula is C38H122O12U2-2. The van der Waals surface area contributed by atoms with E-state index in [1.165, 1.54) is 0 Å². The van der Waals surface area contributed by atoms with E-state index < -0.39 is 0 Å². The Morgan fingerprint density at radius 1 is 0.365 bits per heavy atom. The van der Waals surface area contributed by atoms with Gasteiger partial charge in [-0.15, -0.1) is 0 Å². The van der Waals surface area contributed by atoms with Crippen LogP contribution in [0.15, 0.2) is 0 Å². The number of methoxy groups -OCH3 is 2. The summed E-state index contributed by atoms with van der Waals surface area (Å²) in [4.78, 5) is 16.0. The molecular weight excluding hydrogens is 1120 g/mol. The van der Waals surface area contributed by atoms with E-state index in [4.69, 9.17) is 49.7 Å². The number of aliphatic hydroxyl groups is 6. The monoisotopic (exact) mass is 1250 g/mol. The Balaban J connectivity index is -0.00000000477. The molecule has 0 aliphatic heterocycles. The first-order valence-electron chi connectivity index (χ1n) is 9.44. The molecule has 0 aliphatic rings. The van der Waals surface area contributed by atoms with Gasteiger partial charge >= 0.3 is 0 Å². The third-order valence-electron chi connectivity index (χ3n) is 1.76. The summed E-state index contributed by atoms with van der Waals surface area (Å²) in [7, 11) is 7.60. The van der Waals surface area contributed by atoms with Crippen molar-refractivity contribution in [3.05, 3.63) is 14.2 Å². The maximum Gasteiger partial charge on any atom is 0.106 e. The van der Waals surface area contributed by atoms with Crippen LogP contribution in [-0.4, -0.2) is 125 Å². The quantitative estimate of drug-likeness (QED) is 0.0802. The summed E-state index contributed by atoms with van der Waals surface area (Å²) < 4.78 is 18.6. The Bertz CT molecular complexity index is 172. The molecule has 6 N–H and O–H groups in total. The number of hydrogen-bond donors (Lipinski definition) is 6. The fourth-order valence-electron chi connectivity index (χ4n) is 0.804. The zero-order chi connectivity index (χ0) is 27.3. The van der Waals surface area contributed by atoms with Crippen molar-refractivity contribution in [2.24, 2.45) is 0 Å². The largest absolute Gasteiger partial charge is 0.569 e. The molecule has 0 saturated carbocycles. The van der Waals surface area contributed by atoms with Gasteiger partial charge in [0.15, 0.2) is 0 Å². The number of carbonyl (C=O) groups is 2. The molecule has 0 aromatic rings. The van der Waals surface area contributed by atoms with Gasteiger partial charge in [0.1, 0.15) is 13.6 Å². The van der Waals surface area contributed by atoms with Crippen molar-refractivity contribution in [3.63, 3.8) is 0 Å². The van der Waals surface area contributed by atoms with Crippen molar-refractivity contribution in [1.82, 2.24) is 0 Å². The second-order valence-corrected chi connectivity index (χ2v) is 4.10. The maximum absolute atomic E-state index is 8.17. The van der Waals surface area contributed by atoms with Crippen LogP contribution in [0.5, 0.6) is 0 Å². The van der Waals surface area contributed by atoms with Gasteiger partial charge in [-0.25, -0.2) is 14.2 Å². The molecule has 0 bridgehead atoms. The molecule has 0 aromatic heterocycles. The van der Waals surface area contributed by atoms with Gasteiger partial charge in [-0.1, -0.05) is 148 Å². The van der Waals surface area contributed by atoms with Crippen LogP contribution in [0, 0.1) is 76.4 Å². The van der Waals surface area contributed by atoms with Crippen molar-refractivity contribution in [1.29, 1.82) is 0 Å². The predicted octanol–water partition coefficient (Wildman–Crippen LogP) is 11.4. The van der Waals surface area contributed by atoms with E-state index in [2.05, 4.69) is 23.7 Å². The molecule has 52 heavy (non-hydrogen) atoms. The van der Waals surface area contributed by atoms with E-state index in [1.807, 2.05) is 27.4 Å². The van der Waals surface area contributed by atoms with Gasteiger partial charge in [0, 0.05) is 89.7 Å². The maximum atomic E-state index is 8.17. The number of carbonyl (C=O) groups excluding carboxylic acids is 2. The summed E-state index contributed by atoms with van der Waals surface area (Å²) in [6, 6.07) is 0. The molecule has 0 atom stereocenters. The summed E-state index contributed by atoms with van der Waals surface area (Å²) in [5.41, 5.74) is 0. The number of hydrogen-bond acceptors (Lipinski definition) is 12. The molecule has 0 radical (unpaired) electrons. The van der Waals surface area contributed by atoms with Crippen LogP contribution >= 0.6 is 0 Å². The molecule has 0 spiro atoms. The van der Waals surface area contributed by atoms with Gasteiger partial charge < -0.3 is 59.2 Å². The van der Waals surface area contributed by atoms with E-state index >= 15 is 0 Å². The average Bonchev–Trinajstić information content (AvgIpc) is 2.87. The predicted molar refractivity (Wildman–Crippen MR) is 244 cm³/mol. The molecule has 0 unspecified atom stereocenters. The second kappa shape index (κ2) is 467. The molecule has 0 fully saturated rings. The van der Waals surface area contributed by atoms with Gasteiger partial charge in [-0.3, -0.25) is 0 Å². The Kier molecular flexibility index (Phi) is 2060. The van der Waals surface area contributed by atoms with Crippen molar-refractivity contribution in [2.75, 3.05) is 80.3 Å². The topological polar surface area (TPSA) is 192 Å². The van der Waals surface area contributed by atoms with Crippen LogP contribution in [-0.2, 0) is 28.5 Å². The summed E-state index contributed by atoms with van der Waals surface area (Å²) in [6.07, 6.45) is 2.06. The number of ether oxygens (including phenoxy) is 4. The minimum atomic E-state index is 0. The van der Waals surface area contributed by atoms with Gasteiger partial charge in [0.25, 0.3) is 0 Å². The summed E-state index contributed by atoms with van der Waals surface area (Å²) >= 11 is 0. The van der Waals surface area contributed by atoms with E-state index in [0.29, 0.717) is 26.4 Å². The van der Waals surface area contributed by atoms with Crippen LogP contribution in [0.2, 0.25) is 0 Å². The Morgan fingerprint density at radius 3 is 0.558 bits per heavy atom. The second-order valence-electron chi connectivity index (χ2n) is 4.10. The fourth-order valence-corrected chi connectivity index (χ4v) is 0.804. The molecule has 0 aliphatic carbocycles. The molecule has 0 heterocycles. The third-order valence-corrected chi connectivity index (χ3v) is 1.76. The zero-order valence-corrected chi connectivity index (χ0v) is 29.8. The molecule has 14 heteroatoms. The average molecular weight is 1250 g/mol. The van der Waals surface area contributed by atoms with Crippen LogP contribution in [0.1, 0.15) is 160 Å². The Hall–Kier alpha value is 1.04. The standard InChI is InChI=1S/2C5H12O2.2C3H8O2.2CH3O.2CH2O.18CH4.2U/c2*1-2-4-7-5-3-6;2*1-5-3-2-4;4*1-2;;;;;;;;;;;;;;;;;;;;/h2*6H,2-5H2,1H3;2*4H,2-3H2,1H3;2*2H,1H2;2*1H2;18*1H4;;/q;;;;2*-1;;;;;;;;;;;;;;;;;;;;;;. The first-order valence-corrected chi connectivity index (χ1v) is 9.44. The summed E-state index contributed by atoms with van der Waals surface area (Å²) in [6.45, 7) is 12.0. The smallest absolute Gasteiger partial charge is 0.106 e. The van der Waals surface area contributed by atoms with Gasteiger partial charge in [0.05, 0.1) is 52.9 Å². The SMILES string of the molecule is C.C.C.C.C.C.C.C.C.C.C.C.C.C.C.C.C.C.C=O.C=O.CCCOCCO.CCCOCCO.COCCO.COCCO.[CH2-]O.[CH2-]O.[U].[U]. The minimum absolute atomic E-state index is 0. The van der Waals surface area contributed by atoms with Crippen molar-refractivity contribution >= 4 is 13.6 Å². The van der Waals surface area contributed by atoms with Crippen LogP contribution in [0.25, 0.3) is 0 Å². The molecule has 0 rings (SSSR count). The minimum Gasteiger partial charge on any atom is -0.569 e. The molecule has 12 nitrogen and oxygen atoms in total. The fraction of sp³-hybridized carbons (Fsp3) is 0.895. The molecule has 0 aromatic carbocycles. The normalized spacial score (nSPS) is 4.54. The summed E-state index contributed by atoms with van der Waals surface area (Å²) in [5.74, 6) is 0. The zero-order valence-electron chi connectivity index (χ0n) is 21.4. The van der Waals surface area contributed by atoms with Crippen molar-refractivity contribution in [3.8, 4) is 0 Å². The van der Waals surface area contributed by atoms with E-state index in [9.17, 15) is 0 Å². The summed E-state index contributed by atoms with van der Waals surface area (Å²) in [5, 5.41) is 45.7. The Morgan fingerprint density at radius 2 is 0.500 bits per heavy atom. The van der Waals surface area contributed by atoms with Gasteiger partial charge in [-0.2, -0.15) is 0 Å². The van der Waals surface area contributed by atoms with Gasteiger partial charge in [-0.05, 0) is 12.8 Å². The third kappa shape index (κ3) is 751. The first-order chi connectivity index (χ1) is 15.7. The van der Waals surface area contributed by atoms with Gasteiger partial charge in [0.2, 0.25) is 0 Å². The van der Waals surface area contributed by atoms with E-state index in [-0.39, 0.29) is 222 Å². The number of aliphatic hydroxyl groups excluding tert-OH is 6. The van der Waals surface area contributed by atoms with Crippen LogP contribution < -0.4 is 0 Å². The molecule has 0 amide bonds. The number of rotatable bonds is 12. The van der Waals surface area contributed by atoms with E-state index in [0.717, 1.165) is 26.1 Å².